The minimum Gasteiger partial charge on any atom is -0.332 e. The highest BCUT2D eigenvalue weighted by molar-refractivity contribution is 9.10. The number of imidazole rings is 1. The molecule has 0 amide bonds. The molecule has 1 aromatic heterocycles. The van der Waals surface area contributed by atoms with Gasteiger partial charge in [0.15, 0.2) is 4.73 Å². The van der Waals surface area contributed by atoms with Gasteiger partial charge >= 0.3 is 0 Å². The zero-order chi connectivity index (χ0) is 8.72. The van der Waals surface area contributed by atoms with Crippen molar-refractivity contribution in [3.63, 3.8) is 0 Å². The van der Waals surface area contributed by atoms with Gasteiger partial charge < -0.3 is 4.98 Å². The third kappa shape index (κ3) is 1.39. The topological polar surface area (TPSA) is 28.7 Å². The van der Waals surface area contributed by atoms with Gasteiger partial charge in [0, 0.05) is 4.47 Å². The number of benzene rings is 1. The van der Waals surface area contributed by atoms with Gasteiger partial charge in [0.25, 0.3) is 0 Å². The van der Waals surface area contributed by atoms with Crippen LogP contribution in [0.1, 0.15) is 0 Å². The van der Waals surface area contributed by atoms with Crippen LogP contribution < -0.4 is 0 Å². The van der Waals surface area contributed by atoms with Crippen molar-refractivity contribution in [2.45, 2.75) is 0 Å². The second-order valence-electron chi connectivity index (χ2n) is 2.31. The Morgan fingerprint density at radius 1 is 1.33 bits per heavy atom. The molecule has 2 rings (SSSR count). The van der Waals surface area contributed by atoms with E-state index < -0.39 is 0 Å². The van der Waals surface area contributed by atoms with Gasteiger partial charge in [-0.05, 0) is 28.1 Å². The summed E-state index contributed by atoms with van der Waals surface area (Å²) in [4.78, 5) is 7.19. The van der Waals surface area contributed by atoms with Crippen molar-refractivity contribution < 1.29 is 0 Å². The molecule has 2 aromatic rings. The molecular formula is C7H3Br2ClN2. The number of aromatic nitrogens is 2. The Kier molecular flexibility index (Phi) is 2.14. The fourth-order valence-corrected chi connectivity index (χ4v) is 2.25. The minimum atomic E-state index is 0.640. The Bertz CT molecular complexity index is 438. The van der Waals surface area contributed by atoms with E-state index in [0.29, 0.717) is 9.76 Å². The molecule has 0 saturated carbocycles. The van der Waals surface area contributed by atoms with Crippen molar-refractivity contribution in [3.8, 4) is 0 Å². The average Bonchev–Trinajstić information content (AvgIpc) is 2.29. The Morgan fingerprint density at radius 2 is 2.08 bits per heavy atom. The first kappa shape index (κ1) is 8.53. The predicted octanol–water partition coefficient (Wildman–Crippen LogP) is 3.74. The van der Waals surface area contributed by atoms with Crippen molar-refractivity contribution in [1.82, 2.24) is 9.97 Å². The Hall–Kier alpha value is -0.0600. The zero-order valence-corrected chi connectivity index (χ0v) is 9.66. The number of H-pyrrole nitrogens is 1. The van der Waals surface area contributed by atoms with E-state index in [0.717, 1.165) is 15.5 Å². The van der Waals surface area contributed by atoms with Crippen LogP contribution in [0.15, 0.2) is 21.3 Å². The van der Waals surface area contributed by atoms with Crippen LogP contribution in [-0.2, 0) is 0 Å². The molecule has 5 heteroatoms. The summed E-state index contributed by atoms with van der Waals surface area (Å²) in [5.41, 5.74) is 1.70. The highest BCUT2D eigenvalue weighted by atomic mass is 79.9. The molecule has 0 aliphatic carbocycles. The van der Waals surface area contributed by atoms with Crippen LogP contribution >= 0.6 is 43.5 Å². The van der Waals surface area contributed by atoms with E-state index in [9.17, 15) is 0 Å². The van der Waals surface area contributed by atoms with Gasteiger partial charge in [0.05, 0.1) is 10.5 Å². The lowest BCUT2D eigenvalue weighted by molar-refractivity contribution is 1.27. The summed E-state index contributed by atoms with van der Waals surface area (Å²) in [6.45, 7) is 0. The van der Waals surface area contributed by atoms with Gasteiger partial charge in [-0.15, -0.1) is 0 Å². The van der Waals surface area contributed by atoms with E-state index >= 15 is 0 Å². The van der Waals surface area contributed by atoms with Crippen LogP contribution in [0.3, 0.4) is 0 Å². The largest absolute Gasteiger partial charge is 0.332 e. The maximum atomic E-state index is 5.94. The van der Waals surface area contributed by atoms with Gasteiger partial charge in [-0.25, -0.2) is 4.98 Å². The molecule has 2 nitrogen and oxygen atoms in total. The number of hydrogen-bond acceptors (Lipinski definition) is 1. The number of halogens is 3. The number of nitrogens with one attached hydrogen (secondary N) is 1. The standard InChI is InChI=1S/C7H3Br2ClN2/c8-3-1-4(10)6-5(2-3)11-7(9)12-6/h1-2H,(H,11,12). The molecule has 1 aromatic carbocycles. The van der Waals surface area contributed by atoms with Crippen molar-refractivity contribution >= 4 is 54.5 Å². The van der Waals surface area contributed by atoms with Gasteiger partial charge in [0.1, 0.15) is 5.52 Å². The summed E-state index contributed by atoms with van der Waals surface area (Å²) in [6, 6.07) is 3.75. The smallest absolute Gasteiger partial charge is 0.175 e. The average molecular weight is 310 g/mol. The lowest BCUT2D eigenvalue weighted by atomic mass is 10.3. The monoisotopic (exact) mass is 308 g/mol. The highest BCUT2D eigenvalue weighted by Crippen LogP contribution is 2.27. The summed E-state index contributed by atoms with van der Waals surface area (Å²) in [5.74, 6) is 0. The maximum absolute atomic E-state index is 5.94. The van der Waals surface area contributed by atoms with Crippen LogP contribution in [0.4, 0.5) is 0 Å². The Morgan fingerprint density at radius 3 is 2.83 bits per heavy atom. The number of aromatic amines is 1. The van der Waals surface area contributed by atoms with E-state index in [-0.39, 0.29) is 0 Å². The zero-order valence-electron chi connectivity index (χ0n) is 5.74. The SMILES string of the molecule is Clc1cc(Br)cc2[nH]c(Br)nc12. The molecule has 0 unspecified atom stereocenters. The van der Waals surface area contributed by atoms with Gasteiger partial charge in [-0.1, -0.05) is 27.5 Å². The third-order valence-corrected chi connectivity index (χ3v) is 2.60. The summed E-state index contributed by atoms with van der Waals surface area (Å²) in [5, 5.41) is 0.640. The van der Waals surface area contributed by atoms with Crippen LogP contribution in [0, 0.1) is 0 Å². The van der Waals surface area contributed by atoms with Crippen molar-refractivity contribution in [1.29, 1.82) is 0 Å². The Labute approximate surface area is 90.6 Å². The van der Waals surface area contributed by atoms with E-state index in [1.54, 1.807) is 0 Å². The molecule has 0 aliphatic rings. The molecular weight excluding hydrogens is 307 g/mol. The van der Waals surface area contributed by atoms with Gasteiger partial charge in [-0.2, -0.15) is 0 Å². The fourth-order valence-electron chi connectivity index (χ4n) is 1.01. The number of hydrogen-bond donors (Lipinski definition) is 1. The predicted molar refractivity (Wildman–Crippen MR) is 56.5 cm³/mol. The number of rotatable bonds is 0. The summed E-state index contributed by atoms with van der Waals surface area (Å²) >= 11 is 12.5. The maximum Gasteiger partial charge on any atom is 0.175 e. The lowest BCUT2D eigenvalue weighted by Gasteiger charge is -1.92. The van der Waals surface area contributed by atoms with Crippen LogP contribution in [0.2, 0.25) is 5.02 Å². The van der Waals surface area contributed by atoms with Crippen LogP contribution in [-0.4, -0.2) is 9.97 Å². The minimum absolute atomic E-state index is 0.640. The lowest BCUT2D eigenvalue weighted by Crippen LogP contribution is -1.71. The fraction of sp³-hybridized carbons (Fsp3) is 0. The molecule has 1 heterocycles. The molecule has 1 N–H and O–H groups in total. The van der Waals surface area contributed by atoms with E-state index in [4.69, 9.17) is 11.6 Å². The first-order valence-electron chi connectivity index (χ1n) is 3.17. The molecule has 0 spiro atoms. The second-order valence-corrected chi connectivity index (χ2v) is 4.39. The van der Waals surface area contributed by atoms with Crippen LogP contribution in [0.5, 0.6) is 0 Å². The van der Waals surface area contributed by atoms with Gasteiger partial charge in [0.2, 0.25) is 0 Å². The molecule has 0 saturated heterocycles. The normalized spacial score (nSPS) is 10.9. The number of nitrogens with zero attached hydrogens (tertiary/aromatic N) is 1. The van der Waals surface area contributed by atoms with E-state index in [1.807, 2.05) is 12.1 Å². The molecule has 0 radical (unpaired) electrons. The quantitative estimate of drug-likeness (QED) is 0.789. The van der Waals surface area contributed by atoms with Gasteiger partial charge in [-0.3, -0.25) is 0 Å². The Balaban J connectivity index is 2.88. The molecule has 0 aliphatic heterocycles. The summed E-state index contributed by atoms with van der Waals surface area (Å²) in [7, 11) is 0. The third-order valence-electron chi connectivity index (χ3n) is 1.48. The molecule has 0 atom stereocenters. The van der Waals surface area contributed by atoms with Crippen molar-refractivity contribution in [2.75, 3.05) is 0 Å². The van der Waals surface area contributed by atoms with Crippen molar-refractivity contribution in [3.05, 3.63) is 26.4 Å². The summed E-state index contributed by atoms with van der Waals surface area (Å²) < 4.78 is 1.63. The van der Waals surface area contributed by atoms with Crippen LogP contribution in [0.25, 0.3) is 11.0 Å². The highest BCUT2D eigenvalue weighted by Gasteiger charge is 2.05. The molecule has 62 valence electrons. The molecule has 12 heavy (non-hydrogen) atoms. The molecule has 0 fully saturated rings. The van der Waals surface area contributed by atoms with Crippen molar-refractivity contribution in [2.24, 2.45) is 0 Å². The summed E-state index contributed by atoms with van der Waals surface area (Å²) in [6.07, 6.45) is 0. The van der Waals surface area contributed by atoms with E-state index in [1.165, 1.54) is 0 Å². The second kappa shape index (κ2) is 3.01. The number of fused-ring (bicyclic) bond motifs is 1. The molecule has 0 bridgehead atoms. The first-order valence-corrected chi connectivity index (χ1v) is 5.13. The van der Waals surface area contributed by atoms with E-state index in [2.05, 4.69) is 41.8 Å². The first-order chi connectivity index (χ1) is 5.66.